The first-order valence-corrected chi connectivity index (χ1v) is 7.85. The van der Waals surface area contributed by atoms with Crippen LogP contribution in [0.4, 0.5) is 0 Å². The van der Waals surface area contributed by atoms with Crippen LogP contribution in [0.2, 0.25) is 0 Å². The van der Waals surface area contributed by atoms with Gasteiger partial charge in [0, 0.05) is 13.1 Å². The fraction of sp³-hybridized carbons (Fsp3) is 0.471. The van der Waals surface area contributed by atoms with Crippen LogP contribution in [0, 0.1) is 13.8 Å². The third kappa shape index (κ3) is 1.95. The highest BCUT2D eigenvalue weighted by atomic mass is 16.2. The molecule has 114 valence electrons. The second-order valence-corrected chi connectivity index (χ2v) is 6.49. The van der Waals surface area contributed by atoms with Crippen LogP contribution in [0.5, 0.6) is 0 Å². The normalized spacial score (nSPS) is 18.9. The zero-order valence-electron chi connectivity index (χ0n) is 13.0. The van der Waals surface area contributed by atoms with Crippen LogP contribution in [0.3, 0.4) is 0 Å². The molecule has 0 atom stereocenters. The molecule has 0 saturated heterocycles. The molecule has 1 aliphatic carbocycles. The van der Waals surface area contributed by atoms with Crippen LogP contribution >= 0.6 is 0 Å². The maximum atomic E-state index is 13.1. The van der Waals surface area contributed by atoms with Crippen LogP contribution in [0.1, 0.15) is 35.6 Å². The van der Waals surface area contributed by atoms with Crippen molar-refractivity contribution in [2.24, 2.45) is 0 Å². The summed E-state index contributed by atoms with van der Waals surface area (Å²) < 4.78 is 2.11. The van der Waals surface area contributed by atoms with Gasteiger partial charge in [-0.2, -0.15) is 0 Å². The minimum absolute atomic E-state index is 0.255. The number of rotatable bonds is 2. The molecule has 5 nitrogen and oxygen atoms in total. The third-order valence-electron chi connectivity index (χ3n) is 4.96. The van der Waals surface area contributed by atoms with Crippen molar-refractivity contribution < 1.29 is 4.79 Å². The number of benzene rings is 1. The van der Waals surface area contributed by atoms with E-state index in [4.69, 9.17) is 0 Å². The molecule has 2 aliphatic rings. The molecule has 1 aromatic heterocycles. The molecular formula is C17H20N4O. The SMILES string of the molecule is Cc1cccc(C2(C(=O)N3CCn4c(C)nnc4C3)CC2)c1. The van der Waals surface area contributed by atoms with E-state index in [1.807, 2.05) is 17.9 Å². The van der Waals surface area contributed by atoms with Gasteiger partial charge in [0.15, 0.2) is 5.82 Å². The first kappa shape index (κ1) is 13.5. The van der Waals surface area contributed by atoms with Gasteiger partial charge in [0.05, 0.1) is 12.0 Å². The zero-order valence-corrected chi connectivity index (χ0v) is 13.0. The maximum Gasteiger partial charge on any atom is 0.233 e. The van der Waals surface area contributed by atoms with E-state index in [-0.39, 0.29) is 11.3 Å². The molecular weight excluding hydrogens is 276 g/mol. The van der Waals surface area contributed by atoms with Crippen molar-refractivity contribution in [3.05, 3.63) is 47.0 Å². The molecule has 2 aromatic rings. The Bertz CT molecular complexity index is 745. The molecule has 4 rings (SSSR count). The number of fused-ring (bicyclic) bond motifs is 1. The highest BCUT2D eigenvalue weighted by molar-refractivity contribution is 5.91. The standard InChI is InChI=1S/C17H20N4O/c1-12-4-3-5-14(10-12)17(6-7-17)16(22)20-8-9-21-13(2)18-19-15(21)11-20/h3-5,10H,6-9,11H2,1-2H3. The second-order valence-electron chi connectivity index (χ2n) is 6.49. The predicted molar refractivity (Wildman–Crippen MR) is 82.3 cm³/mol. The highest BCUT2D eigenvalue weighted by Gasteiger charge is 2.53. The third-order valence-corrected chi connectivity index (χ3v) is 4.96. The monoisotopic (exact) mass is 296 g/mol. The van der Waals surface area contributed by atoms with Gasteiger partial charge in [-0.05, 0) is 32.3 Å². The molecule has 1 aromatic carbocycles. The van der Waals surface area contributed by atoms with E-state index in [1.54, 1.807) is 0 Å². The van der Waals surface area contributed by atoms with Crippen LogP contribution in [0.15, 0.2) is 24.3 Å². The summed E-state index contributed by atoms with van der Waals surface area (Å²) in [6.07, 6.45) is 1.91. The molecule has 0 unspecified atom stereocenters. The molecule has 2 heterocycles. The van der Waals surface area contributed by atoms with E-state index >= 15 is 0 Å². The molecule has 5 heteroatoms. The number of hydrogen-bond donors (Lipinski definition) is 0. The van der Waals surface area contributed by atoms with E-state index < -0.39 is 0 Å². The lowest BCUT2D eigenvalue weighted by Crippen LogP contribution is -2.44. The quantitative estimate of drug-likeness (QED) is 0.851. The van der Waals surface area contributed by atoms with Gasteiger partial charge in [-0.25, -0.2) is 0 Å². The number of nitrogens with zero attached hydrogens (tertiary/aromatic N) is 4. The van der Waals surface area contributed by atoms with Crippen molar-refractivity contribution in [3.8, 4) is 0 Å². The highest BCUT2D eigenvalue weighted by Crippen LogP contribution is 2.50. The Hall–Kier alpha value is -2.17. The summed E-state index contributed by atoms with van der Waals surface area (Å²) in [5.74, 6) is 2.09. The largest absolute Gasteiger partial charge is 0.333 e. The number of carbonyl (C=O) groups excluding carboxylic acids is 1. The van der Waals surface area contributed by atoms with Crippen LogP contribution in [-0.2, 0) is 23.3 Å². The average Bonchev–Trinajstić information content (AvgIpc) is 3.26. The topological polar surface area (TPSA) is 51.0 Å². The Balaban J connectivity index is 1.60. The summed E-state index contributed by atoms with van der Waals surface area (Å²) in [6.45, 7) is 6.16. The van der Waals surface area contributed by atoms with Crippen LogP contribution in [0.25, 0.3) is 0 Å². The van der Waals surface area contributed by atoms with E-state index in [0.29, 0.717) is 6.54 Å². The molecule has 1 amide bonds. The van der Waals surface area contributed by atoms with Crippen molar-refractivity contribution in [1.82, 2.24) is 19.7 Å². The lowest BCUT2D eigenvalue weighted by atomic mass is 9.93. The maximum absolute atomic E-state index is 13.1. The fourth-order valence-corrected chi connectivity index (χ4v) is 3.47. The first-order chi connectivity index (χ1) is 10.6. The Morgan fingerprint density at radius 3 is 2.73 bits per heavy atom. The number of hydrogen-bond acceptors (Lipinski definition) is 3. The van der Waals surface area contributed by atoms with Gasteiger partial charge in [0.25, 0.3) is 0 Å². The number of aryl methyl sites for hydroxylation is 2. The molecule has 0 radical (unpaired) electrons. The summed E-state index contributed by atoms with van der Waals surface area (Å²) in [5.41, 5.74) is 2.09. The van der Waals surface area contributed by atoms with Gasteiger partial charge in [0.1, 0.15) is 5.82 Å². The van der Waals surface area contributed by atoms with Crippen molar-refractivity contribution >= 4 is 5.91 Å². The molecule has 22 heavy (non-hydrogen) atoms. The van der Waals surface area contributed by atoms with Crippen molar-refractivity contribution in [3.63, 3.8) is 0 Å². The van der Waals surface area contributed by atoms with Gasteiger partial charge in [-0.15, -0.1) is 10.2 Å². The number of aromatic nitrogens is 3. The Kier molecular flexibility index (Phi) is 2.86. The molecule has 1 aliphatic heterocycles. The van der Waals surface area contributed by atoms with E-state index in [0.717, 1.165) is 37.6 Å². The first-order valence-electron chi connectivity index (χ1n) is 7.85. The molecule has 0 bridgehead atoms. The minimum atomic E-state index is -0.288. The van der Waals surface area contributed by atoms with Crippen molar-refractivity contribution in [1.29, 1.82) is 0 Å². The summed E-state index contributed by atoms with van der Waals surface area (Å²) in [7, 11) is 0. The lowest BCUT2D eigenvalue weighted by Gasteiger charge is -2.31. The molecule has 0 N–H and O–H groups in total. The second kappa shape index (κ2) is 4.66. The zero-order chi connectivity index (χ0) is 15.3. The van der Waals surface area contributed by atoms with Gasteiger partial charge in [0.2, 0.25) is 5.91 Å². The number of carbonyl (C=O) groups is 1. The van der Waals surface area contributed by atoms with Crippen molar-refractivity contribution in [2.45, 2.75) is 45.2 Å². The van der Waals surface area contributed by atoms with E-state index in [1.165, 1.54) is 11.1 Å². The Morgan fingerprint density at radius 2 is 2.00 bits per heavy atom. The molecule has 1 fully saturated rings. The number of amides is 1. The Labute approximate surface area is 130 Å². The van der Waals surface area contributed by atoms with E-state index in [9.17, 15) is 4.79 Å². The predicted octanol–water partition coefficient (Wildman–Crippen LogP) is 1.97. The fourth-order valence-electron chi connectivity index (χ4n) is 3.47. The summed E-state index contributed by atoms with van der Waals surface area (Å²) >= 11 is 0. The summed E-state index contributed by atoms with van der Waals surface area (Å²) in [4.78, 5) is 15.0. The minimum Gasteiger partial charge on any atom is -0.333 e. The lowest BCUT2D eigenvalue weighted by molar-refractivity contribution is -0.135. The average molecular weight is 296 g/mol. The van der Waals surface area contributed by atoms with Gasteiger partial charge < -0.3 is 9.47 Å². The van der Waals surface area contributed by atoms with Gasteiger partial charge in [-0.1, -0.05) is 29.8 Å². The summed E-state index contributed by atoms with van der Waals surface area (Å²) in [6, 6.07) is 8.38. The van der Waals surface area contributed by atoms with Crippen molar-refractivity contribution in [2.75, 3.05) is 6.54 Å². The molecule has 1 saturated carbocycles. The van der Waals surface area contributed by atoms with Gasteiger partial charge >= 0.3 is 0 Å². The molecule has 0 spiro atoms. The smallest absolute Gasteiger partial charge is 0.233 e. The van der Waals surface area contributed by atoms with Crippen LogP contribution < -0.4 is 0 Å². The Morgan fingerprint density at radius 1 is 1.18 bits per heavy atom. The van der Waals surface area contributed by atoms with Gasteiger partial charge in [-0.3, -0.25) is 4.79 Å². The van der Waals surface area contributed by atoms with E-state index in [2.05, 4.69) is 39.9 Å². The summed E-state index contributed by atoms with van der Waals surface area (Å²) in [5, 5.41) is 8.31. The van der Waals surface area contributed by atoms with Crippen LogP contribution in [-0.4, -0.2) is 32.1 Å².